The molecule has 0 heterocycles. The Morgan fingerprint density at radius 3 is 0.962 bits per heavy atom. The summed E-state index contributed by atoms with van der Waals surface area (Å²) in [5.41, 5.74) is 0. The number of carboxylic acids is 2. The summed E-state index contributed by atoms with van der Waals surface area (Å²) >= 11 is 0. The quantitative estimate of drug-likeness (QED) is 0.231. The van der Waals surface area contributed by atoms with Gasteiger partial charge in [0, 0.05) is 11.9 Å². The van der Waals surface area contributed by atoms with Crippen LogP contribution in [0.4, 0.5) is 0 Å². The molecule has 0 unspecified atom stereocenters. The molecule has 4 nitrogen and oxygen atoms in total. The van der Waals surface area contributed by atoms with Crippen LogP contribution < -0.4 is 47.9 Å². The molecule has 0 saturated carbocycles. The summed E-state index contributed by atoms with van der Waals surface area (Å²) in [5, 5.41) is 20.0. The second-order valence-electron chi connectivity index (χ2n) is 6.49. The molecule has 0 amide bonds. The molecule has 0 fully saturated rings. The van der Waals surface area contributed by atoms with E-state index < -0.39 is 11.9 Å². The first-order valence-corrected chi connectivity index (χ1v) is 9.94. The van der Waals surface area contributed by atoms with Gasteiger partial charge in [0.1, 0.15) is 0 Å². The number of carboxylic acid groups (broad SMARTS) is 2. The van der Waals surface area contributed by atoms with E-state index in [1.165, 1.54) is 64.2 Å². The van der Waals surface area contributed by atoms with E-state index in [2.05, 4.69) is 13.8 Å². The normalized spacial score (nSPS) is 9.31. The molecule has 0 radical (unpaired) electrons. The third kappa shape index (κ3) is 39.3. The van der Waals surface area contributed by atoms with Crippen LogP contribution in [0.25, 0.3) is 0 Å². The van der Waals surface area contributed by atoms with Crippen molar-refractivity contribution in [3.8, 4) is 0 Å². The second-order valence-corrected chi connectivity index (χ2v) is 6.49. The number of rotatable bonds is 16. The zero-order valence-corrected chi connectivity index (χ0v) is 17.9. The van der Waals surface area contributed by atoms with Gasteiger partial charge in [0.05, 0.1) is 0 Å². The Hall–Kier alpha value is 0.135. The van der Waals surface area contributed by atoms with Crippen molar-refractivity contribution in [3.05, 3.63) is 0 Å². The van der Waals surface area contributed by atoms with Crippen LogP contribution in [-0.2, 0) is 9.59 Å². The summed E-state index contributed by atoms with van der Waals surface area (Å²) in [5.74, 6) is -1.83. The van der Waals surface area contributed by atoms with Crippen LogP contribution in [0.5, 0.6) is 0 Å². The average Bonchev–Trinajstić information content (AvgIpc) is 2.53. The molecule has 0 aliphatic heterocycles. The minimum Gasteiger partial charge on any atom is -0.550 e. The fourth-order valence-corrected chi connectivity index (χ4v) is 2.45. The van der Waals surface area contributed by atoms with E-state index in [0.717, 1.165) is 25.7 Å². The first kappa shape index (κ1) is 33.7. The summed E-state index contributed by atoms with van der Waals surface area (Å²) in [4.78, 5) is 20.0. The molecule has 0 aromatic rings. The molecule has 0 aliphatic carbocycles. The van der Waals surface area contributed by atoms with Crippen molar-refractivity contribution in [1.29, 1.82) is 0 Å². The number of carbonyl (C=O) groups is 2. The van der Waals surface area contributed by atoms with Gasteiger partial charge in [-0.25, -0.2) is 0 Å². The van der Waals surface area contributed by atoms with E-state index in [9.17, 15) is 19.8 Å². The molecule has 0 aromatic heterocycles. The van der Waals surface area contributed by atoms with Crippen molar-refractivity contribution in [3.63, 3.8) is 0 Å². The number of hydrogen-bond donors (Lipinski definition) is 0. The number of carbonyl (C=O) groups excluding carboxylic acids is 2. The van der Waals surface area contributed by atoms with Crippen LogP contribution in [0.3, 0.4) is 0 Å². The average molecular weight is 356 g/mol. The molecular formula is C20H38Li2O4. The second kappa shape index (κ2) is 29.9. The molecule has 0 spiro atoms. The van der Waals surface area contributed by atoms with Gasteiger partial charge in [-0.05, 0) is 25.7 Å². The summed E-state index contributed by atoms with van der Waals surface area (Å²) in [6.07, 6.45) is 16.7. The maximum absolute atomic E-state index is 10.0. The maximum atomic E-state index is 10.0. The third-order valence-corrected chi connectivity index (χ3v) is 3.97. The Morgan fingerprint density at radius 2 is 0.731 bits per heavy atom. The van der Waals surface area contributed by atoms with Gasteiger partial charge in [-0.15, -0.1) is 0 Å². The zero-order chi connectivity index (χ0) is 18.5. The van der Waals surface area contributed by atoms with Crippen molar-refractivity contribution in [2.45, 2.75) is 117 Å². The predicted molar refractivity (Wildman–Crippen MR) is 95.2 cm³/mol. The van der Waals surface area contributed by atoms with Crippen LogP contribution in [0.15, 0.2) is 0 Å². The third-order valence-electron chi connectivity index (χ3n) is 3.97. The fraction of sp³-hybridized carbons (Fsp3) is 0.900. The Bertz CT molecular complexity index is 259. The number of hydrogen-bond acceptors (Lipinski definition) is 4. The van der Waals surface area contributed by atoms with Gasteiger partial charge in [0.2, 0.25) is 0 Å². The molecule has 0 rings (SSSR count). The Kier molecular flexibility index (Phi) is 38.7. The fourth-order valence-electron chi connectivity index (χ4n) is 2.45. The first-order valence-electron chi connectivity index (χ1n) is 9.94. The van der Waals surface area contributed by atoms with Crippen LogP contribution in [0.1, 0.15) is 117 Å². The summed E-state index contributed by atoms with van der Waals surface area (Å²) in [7, 11) is 0. The Morgan fingerprint density at radius 1 is 0.500 bits per heavy atom. The van der Waals surface area contributed by atoms with E-state index in [0.29, 0.717) is 0 Å². The van der Waals surface area contributed by atoms with Crippen LogP contribution >= 0.6 is 0 Å². The van der Waals surface area contributed by atoms with Crippen molar-refractivity contribution in [2.24, 2.45) is 0 Å². The van der Waals surface area contributed by atoms with Gasteiger partial charge in [-0.1, -0.05) is 90.9 Å². The van der Waals surface area contributed by atoms with Crippen LogP contribution in [0.2, 0.25) is 0 Å². The van der Waals surface area contributed by atoms with Crippen molar-refractivity contribution >= 4 is 11.9 Å². The number of aliphatic carboxylic acids is 2. The zero-order valence-electron chi connectivity index (χ0n) is 17.9. The molecular weight excluding hydrogens is 318 g/mol. The first-order chi connectivity index (χ1) is 11.5. The smallest absolute Gasteiger partial charge is 0.550 e. The standard InChI is InChI=1S/2C10H20O2.2Li/c2*1-2-3-4-5-6-7-8-9-10(11)12;;/h2*2-9H2,1H3,(H,11,12);;/q;;2*+1/p-2. The molecule has 0 bridgehead atoms. The van der Waals surface area contributed by atoms with Gasteiger partial charge in [-0.2, -0.15) is 0 Å². The Balaban J connectivity index is -0.000000173. The molecule has 0 atom stereocenters. The molecule has 0 aliphatic rings. The van der Waals surface area contributed by atoms with E-state index in [1.54, 1.807) is 0 Å². The summed E-state index contributed by atoms with van der Waals surface area (Å²) in [6, 6.07) is 0. The molecule has 6 heteroatoms. The Labute approximate surface area is 185 Å². The largest absolute Gasteiger partial charge is 1.00 e. The van der Waals surface area contributed by atoms with Crippen molar-refractivity contribution in [1.82, 2.24) is 0 Å². The molecule has 0 aromatic carbocycles. The van der Waals surface area contributed by atoms with Crippen molar-refractivity contribution in [2.75, 3.05) is 0 Å². The van der Waals surface area contributed by atoms with E-state index >= 15 is 0 Å². The summed E-state index contributed by atoms with van der Waals surface area (Å²) in [6.45, 7) is 4.38. The number of unbranched alkanes of at least 4 members (excludes halogenated alkanes) is 12. The van der Waals surface area contributed by atoms with Gasteiger partial charge < -0.3 is 19.8 Å². The van der Waals surface area contributed by atoms with Crippen LogP contribution in [0, 0.1) is 0 Å². The minimum absolute atomic E-state index is 0. The topological polar surface area (TPSA) is 80.3 Å². The van der Waals surface area contributed by atoms with E-state index in [1.807, 2.05) is 0 Å². The van der Waals surface area contributed by atoms with E-state index in [-0.39, 0.29) is 50.6 Å². The van der Waals surface area contributed by atoms with Crippen LogP contribution in [-0.4, -0.2) is 11.9 Å². The van der Waals surface area contributed by atoms with Gasteiger partial charge >= 0.3 is 37.7 Å². The maximum Gasteiger partial charge on any atom is 1.00 e. The molecule has 0 N–H and O–H groups in total. The predicted octanol–water partition coefficient (Wildman–Crippen LogP) is -2.24. The monoisotopic (exact) mass is 356 g/mol. The van der Waals surface area contributed by atoms with Gasteiger partial charge in [0.25, 0.3) is 0 Å². The molecule has 144 valence electrons. The van der Waals surface area contributed by atoms with E-state index in [4.69, 9.17) is 0 Å². The molecule has 0 saturated heterocycles. The molecule has 26 heavy (non-hydrogen) atoms. The van der Waals surface area contributed by atoms with Crippen molar-refractivity contribution < 1.29 is 57.5 Å². The van der Waals surface area contributed by atoms with Gasteiger partial charge in [0.15, 0.2) is 0 Å². The summed E-state index contributed by atoms with van der Waals surface area (Å²) < 4.78 is 0. The minimum atomic E-state index is -0.913. The van der Waals surface area contributed by atoms with Gasteiger partial charge in [-0.3, -0.25) is 0 Å². The SMILES string of the molecule is CCCCCCCCCC(=O)[O-].CCCCCCCCCC(=O)[O-].[Li+].[Li+].